The highest BCUT2D eigenvalue weighted by Gasteiger charge is 2.17. The van der Waals surface area contributed by atoms with Gasteiger partial charge in [-0.25, -0.2) is 13.6 Å². The van der Waals surface area contributed by atoms with Crippen molar-refractivity contribution in [2.45, 2.75) is 24.4 Å². The molecule has 27 heavy (non-hydrogen) atoms. The number of rotatable bonds is 6. The van der Waals surface area contributed by atoms with Gasteiger partial charge in [0.25, 0.3) is 0 Å². The first-order valence-corrected chi connectivity index (χ1v) is 10.1. The zero-order valence-electron chi connectivity index (χ0n) is 14.8. The van der Waals surface area contributed by atoms with Crippen LogP contribution in [0.15, 0.2) is 57.9 Å². The lowest BCUT2D eigenvalue weighted by atomic mass is 10.1. The van der Waals surface area contributed by atoms with E-state index in [1.165, 1.54) is 12.1 Å². The monoisotopic (exact) mass is 406 g/mol. The van der Waals surface area contributed by atoms with Gasteiger partial charge in [-0.05, 0) is 43.8 Å². The second kappa shape index (κ2) is 7.77. The molecule has 7 nitrogen and oxygen atoms in total. The largest absolute Gasteiger partial charge is 0.338 e. The van der Waals surface area contributed by atoms with Gasteiger partial charge in [-0.15, -0.1) is 0 Å². The molecular weight excluding hydrogens is 388 g/mol. The molecule has 0 fully saturated rings. The number of nitrogens with two attached hydrogens (primary N) is 1. The third-order valence-corrected chi connectivity index (χ3v) is 5.45. The molecule has 0 saturated heterocycles. The van der Waals surface area contributed by atoms with Crippen LogP contribution in [-0.4, -0.2) is 30.5 Å². The standard InChI is InChI=1S/C18H19ClN4O3S/c1-12(13-6-8-16(9-7-13)27(20,24)25)23(2)11-17-21-18(22-26-17)14-4-3-5-15(19)10-14/h3-10,12H,11H2,1-2H3,(H2,20,24,25). The average molecular weight is 407 g/mol. The Bertz CT molecular complexity index is 1030. The molecule has 0 spiro atoms. The molecule has 1 heterocycles. The van der Waals surface area contributed by atoms with Crippen LogP contribution in [0.3, 0.4) is 0 Å². The second-order valence-corrected chi connectivity index (χ2v) is 8.23. The highest BCUT2D eigenvalue weighted by molar-refractivity contribution is 7.89. The van der Waals surface area contributed by atoms with Gasteiger partial charge >= 0.3 is 0 Å². The topological polar surface area (TPSA) is 102 Å². The summed E-state index contributed by atoms with van der Waals surface area (Å²) >= 11 is 5.99. The molecule has 0 aliphatic rings. The maximum absolute atomic E-state index is 11.4. The van der Waals surface area contributed by atoms with Crippen LogP contribution in [0.1, 0.15) is 24.4 Å². The van der Waals surface area contributed by atoms with Crippen LogP contribution in [0.25, 0.3) is 11.4 Å². The summed E-state index contributed by atoms with van der Waals surface area (Å²) < 4.78 is 28.1. The summed E-state index contributed by atoms with van der Waals surface area (Å²) in [5.74, 6) is 0.951. The van der Waals surface area contributed by atoms with Crippen molar-refractivity contribution in [3.8, 4) is 11.4 Å². The number of benzene rings is 2. The van der Waals surface area contributed by atoms with Crippen molar-refractivity contribution >= 4 is 21.6 Å². The van der Waals surface area contributed by atoms with Crippen LogP contribution in [-0.2, 0) is 16.6 Å². The SMILES string of the molecule is CC(c1ccc(S(N)(=O)=O)cc1)N(C)Cc1nc(-c2cccc(Cl)c2)no1. The minimum atomic E-state index is -3.70. The van der Waals surface area contributed by atoms with E-state index in [9.17, 15) is 8.42 Å². The number of halogens is 1. The molecule has 2 aromatic carbocycles. The Labute approximate surface area is 162 Å². The van der Waals surface area contributed by atoms with Crippen molar-refractivity contribution in [3.63, 3.8) is 0 Å². The first-order valence-electron chi connectivity index (χ1n) is 8.15. The number of hydrogen-bond donors (Lipinski definition) is 1. The van der Waals surface area contributed by atoms with Crippen molar-refractivity contribution in [3.05, 3.63) is 65.0 Å². The molecule has 3 rings (SSSR count). The van der Waals surface area contributed by atoms with Crippen LogP contribution in [0, 0.1) is 0 Å². The molecule has 0 bridgehead atoms. The maximum atomic E-state index is 11.4. The number of sulfonamides is 1. The Morgan fingerprint density at radius 2 is 1.93 bits per heavy atom. The highest BCUT2D eigenvalue weighted by atomic mass is 35.5. The fourth-order valence-corrected chi connectivity index (χ4v) is 3.31. The fourth-order valence-electron chi connectivity index (χ4n) is 2.60. The molecule has 3 aromatic rings. The van der Waals surface area contributed by atoms with Gasteiger partial charge in [0.15, 0.2) is 0 Å². The zero-order chi connectivity index (χ0) is 19.6. The number of aromatic nitrogens is 2. The third-order valence-electron chi connectivity index (χ3n) is 4.29. The smallest absolute Gasteiger partial charge is 0.241 e. The lowest BCUT2D eigenvalue weighted by Crippen LogP contribution is -2.22. The minimum absolute atomic E-state index is 0.000971. The molecule has 0 saturated carbocycles. The molecule has 0 aliphatic carbocycles. The second-order valence-electron chi connectivity index (χ2n) is 6.23. The third kappa shape index (κ3) is 4.72. The summed E-state index contributed by atoms with van der Waals surface area (Å²) in [5.41, 5.74) is 1.73. The zero-order valence-corrected chi connectivity index (χ0v) is 16.4. The Balaban J connectivity index is 1.71. The number of primary sulfonamides is 1. The fraction of sp³-hybridized carbons (Fsp3) is 0.222. The van der Waals surface area contributed by atoms with Crippen LogP contribution < -0.4 is 5.14 Å². The normalized spacial score (nSPS) is 13.1. The summed E-state index contributed by atoms with van der Waals surface area (Å²) in [5, 5.41) is 9.73. The lowest BCUT2D eigenvalue weighted by Gasteiger charge is -2.23. The summed E-state index contributed by atoms with van der Waals surface area (Å²) in [6, 6.07) is 13.7. The van der Waals surface area contributed by atoms with E-state index in [0.29, 0.717) is 23.3 Å². The van der Waals surface area contributed by atoms with Crippen molar-refractivity contribution in [2.24, 2.45) is 5.14 Å². The van der Waals surface area contributed by atoms with E-state index < -0.39 is 10.0 Å². The maximum Gasteiger partial charge on any atom is 0.241 e. The summed E-state index contributed by atoms with van der Waals surface area (Å²) in [6.45, 7) is 2.44. The summed E-state index contributed by atoms with van der Waals surface area (Å²) in [4.78, 5) is 6.51. The van der Waals surface area contributed by atoms with Crippen LogP contribution >= 0.6 is 11.6 Å². The average Bonchev–Trinajstić information content (AvgIpc) is 3.09. The van der Waals surface area contributed by atoms with E-state index in [-0.39, 0.29) is 10.9 Å². The van der Waals surface area contributed by atoms with Crippen molar-refractivity contribution in [1.82, 2.24) is 15.0 Å². The van der Waals surface area contributed by atoms with Gasteiger partial charge in [0.2, 0.25) is 21.7 Å². The number of nitrogens with zero attached hydrogens (tertiary/aromatic N) is 3. The van der Waals surface area contributed by atoms with E-state index in [1.54, 1.807) is 24.3 Å². The highest BCUT2D eigenvalue weighted by Crippen LogP contribution is 2.23. The molecule has 1 aromatic heterocycles. The van der Waals surface area contributed by atoms with Crippen molar-refractivity contribution in [1.29, 1.82) is 0 Å². The van der Waals surface area contributed by atoms with Gasteiger partial charge in [-0.3, -0.25) is 4.90 Å². The molecule has 2 N–H and O–H groups in total. The predicted molar refractivity (Wildman–Crippen MR) is 102 cm³/mol. The van der Waals surface area contributed by atoms with Crippen molar-refractivity contribution < 1.29 is 12.9 Å². The first-order chi connectivity index (χ1) is 12.7. The Morgan fingerprint density at radius 3 is 2.56 bits per heavy atom. The van der Waals surface area contributed by atoms with Crippen LogP contribution in [0.5, 0.6) is 0 Å². The Hall–Kier alpha value is -2.26. The van der Waals surface area contributed by atoms with E-state index in [2.05, 4.69) is 10.1 Å². The summed E-state index contributed by atoms with van der Waals surface area (Å²) in [6.07, 6.45) is 0. The van der Waals surface area contributed by atoms with Gasteiger partial charge in [-0.1, -0.05) is 41.0 Å². The molecule has 0 amide bonds. The Kier molecular flexibility index (Phi) is 5.61. The molecule has 9 heteroatoms. The van der Waals surface area contributed by atoms with Gasteiger partial charge in [0.05, 0.1) is 11.4 Å². The van der Waals surface area contributed by atoms with Gasteiger partial charge < -0.3 is 4.52 Å². The van der Waals surface area contributed by atoms with E-state index >= 15 is 0 Å². The van der Waals surface area contributed by atoms with E-state index in [0.717, 1.165) is 11.1 Å². The number of hydrogen-bond acceptors (Lipinski definition) is 6. The quantitative estimate of drug-likeness (QED) is 0.674. The lowest BCUT2D eigenvalue weighted by molar-refractivity contribution is 0.216. The van der Waals surface area contributed by atoms with E-state index in [1.807, 2.05) is 31.0 Å². The molecule has 1 unspecified atom stereocenters. The molecule has 0 radical (unpaired) electrons. The molecule has 1 atom stereocenters. The Morgan fingerprint density at radius 1 is 1.22 bits per heavy atom. The molecular formula is C18H19ClN4O3S. The van der Waals surface area contributed by atoms with E-state index in [4.69, 9.17) is 21.3 Å². The van der Waals surface area contributed by atoms with Crippen LogP contribution in [0.4, 0.5) is 0 Å². The summed E-state index contributed by atoms with van der Waals surface area (Å²) in [7, 11) is -1.78. The first kappa shape index (κ1) is 19.5. The minimum Gasteiger partial charge on any atom is -0.338 e. The predicted octanol–water partition coefficient (Wildman–Crippen LogP) is 3.23. The van der Waals surface area contributed by atoms with Gasteiger partial charge in [0, 0.05) is 16.6 Å². The molecule has 142 valence electrons. The van der Waals surface area contributed by atoms with Crippen LogP contribution in [0.2, 0.25) is 5.02 Å². The van der Waals surface area contributed by atoms with Gasteiger partial charge in [-0.2, -0.15) is 4.98 Å². The van der Waals surface area contributed by atoms with Gasteiger partial charge in [0.1, 0.15) is 0 Å². The molecule has 0 aliphatic heterocycles. The van der Waals surface area contributed by atoms with Crippen molar-refractivity contribution in [2.75, 3.05) is 7.05 Å².